The second-order valence-electron chi connectivity index (χ2n) is 8.53. The van der Waals surface area contributed by atoms with Crippen LogP contribution >= 0.6 is 22.9 Å². The second-order valence-corrected chi connectivity index (χ2v) is 10.3. The van der Waals surface area contributed by atoms with E-state index in [-0.39, 0.29) is 28.7 Å². The lowest BCUT2D eigenvalue weighted by atomic mass is 10.0. The zero-order valence-electron chi connectivity index (χ0n) is 20.5. The van der Waals surface area contributed by atoms with E-state index in [1.165, 1.54) is 16.2 Å². The molecule has 3 amide bonds. The standard InChI is InChI=1S/C25H31N5O4S2/c1-4-34-17-9-7-16(8-10-17)21(24(32)28-12-11-15(2)3)30(14-18-6-5-13-35-18)25(33)22-19(26)20(23(27)31)29-36-22/h5-10,13,15,21H,4,11-12,14,26H2,1-3H3,(H2,27,31)(H,28,32)/t21-/m0/s1. The van der Waals surface area contributed by atoms with Crippen molar-refractivity contribution in [1.29, 1.82) is 0 Å². The Hall–Kier alpha value is -3.44. The Morgan fingerprint density at radius 1 is 1.17 bits per heavy atom. The van der Waals surface area contributed by atoms with Gasteiger partial charge in [-0.25, -0.2) is 0 Å². The molecule has 192 valence electrons. The molecule has 0 fully saturated rings. The molecule has 0 unspecified atom stereocenters. The number of nitrogens with one attached hydrogen (secondary N) is 1. The van der Waals surface area contributed by atoms with Gasteiger partial charge >= 0.3 is 0 Å². The Kier molecular flexibility index (Phi) is 9.43. The maximum absolute atomic E-state index is 13.9. The lowest BCUT2D eigenvalue weighted by Crippen LogP contribution is -2.43. The number of aromatic nitrogens is 1. The minimum Gasteiger partial charge on any atom is -0.494 e. The number of rotatable bonds is 12. The number of nitrogens with two attached hydrogens (primary N) is 2. The number of primary amides is 1. The van der Waals surface area contributed by atoms with Gasteiger partial charge in [-0.2, -0.15) is 4.37 Å². The Morgan fingerprint density at radius 3 is 2.44 bits per heavy atom. The van der Waals surface area contributed by atoms with Crippen LogP contribution in [0.25, 0.3) is 0 Å². The Labute approximate surface area is 218 Å². The molecule has 0 saturated carbocycles. The van der Waals surface area contributed by atoms with Gasteiger partial charge in [-0.1, -0.05) is 32.0 Å². The number of hydrogen-bond donors (Lipinski definition) is 3. The summed E-state index contributed by atoms with van der Waals surface area (Å²) in [6.45, 7) is 7.18. The maximum atomic E-state index is 13.9. The zero-order chi connectivity index (χ0) is 26.2. The van der Waals surface area contributed by atoms with Crippen LogP contribution in [-0.4, -0.2) is 40.1 Å². The summed E-state index contributed by atoms with van der Waals surface area (Å²) in [4.78, 5) is 41.5. The molecule has 2 heterocycles. The number of amides is 3. The molecule has 0 saturated heterocycles. The summed E-state index contributed by atoms with van der Waals surface area (Å²) in [5.74, 6) is -0.578. The number of hydrogen-bond acceptors (Lipinski definition) is 8. The molecule has 0 aliphatic carbocycles. The number of carbonyl (C=O) groups excluding carboxylic acids is 3. The number of nitrogens with zero attached hydrogens (tertiary/aromatic N) is 2. The van der Waals surface area contributed by atoms with Crippen LogP contribution in [0.15, 0.2) is 41.8 Å². The molecule has 3 aromatic rings. The van der Waals surface area contributed by atoms with Gasteiger partial charge < -0.3 is 26.4 Å². The van der Waals surface area contributed by atoms with Crippen LogP contribution in [0, 0.1) is 5.92 Å². The summed E-state index contributed by atoms with van der Waals surface area (Å²) in [5, 5.41) is 4.88. The molecular formula is C25H31N5O4S2. The summed E-state index contributed by atoms with van der Waals surface area (Å²) in [6, 6.07) is 9.90. The van der Waals surface area contributed by atoms with Crippen molar-refractivity contribution in [2.24, 2.45) is 11.7 Å². The molecule has 0 bridgehead atoms. The number of anilines is 1. The predicted molar refractivity (Wildman–Crippen MR) is 142 cm³/mol. The minimum absolute atomic E-state index is 0.0614. The molecular weight excluding hydrogens is 498 g/mol. The van der Waals surface area contributed by atoms with Crippen LogP contribution in [0.5, 0.6) is 5.75 Å². The van der Waals surface area contributed by atoms with E-state index in [2.05, 4.69) is 23.5 Å². The quantitative estimate of drug-likeness (QED) is 0.326. The summed E-state index contributed by atoms with van der Waals surface area (Å²) in [7, 11) is 0. The van der Waals surface area contributed by atoms with E-state index in [9.17, 15) is 14.4 Å². The van der Waals surface area contributed by atoms with Gasteiger partial charge in [0.1, 0.15) is 16.7 Å². The fourth-order valence-electron chi connectivity index (χ4n) is 3.58. The highest BCUT2D eigenvalue weighted by Gasteiger charge is 2.35. The van der Waals surface area contributed by atoms with Gasteiger partial charge in [0.2, 0.25) is 5.91 Å². The molecule has 1 atom stereocenters. The smallest absolute Gasteiger partial charge is 0.270 e. The molecule has 0 aliphatic rings. The SMILES string of the molecule is CCOc1ccc([C@@H](C(=O)NCCC(C)C)N(Cc2cccs2)C(=O)c2snc(C(N)=O)c2N)cc1. The zero-order valence-corrected chi connectivity index (χ0v) is 22.2. The van der Waals surface area contributed by atoms with Gasteiger partial charge in [0.25, 0.3) is 11.8 Å². The van der Waals surface area contributed by atoms with Crippen molar-refractivity contribution in [2.45, 2.75) is 39.8 Å². The summed E-state index contributed by atoms with van der Waals surface area (Å²) < 4.78 is 9.52. The lowest BCUT2D eigenvalue weighted by molar-refractivity contribution is -0.126. The van der Waals surface area contributed by atoms with Crippen molar-refractivity contribution in [3.8, 4) is 5.75 Å². The van der Waals surface area contributed by atoms with Crippen molar-refractivity contribution >= 4 is 46.3 Å². The minimum atomic E-state index is -0.957. The third kappa shape index (κ3) is 6.61. The summed E-state index contributed by atoms with van der Waals surface area (Å²) in [6.07, 6.45) is 0.796. The van der Waals surface area contributed by atoms with Crippen LogP contribution in [0.4, 0.5) is 5.69 Å². The van der Waals surface area contributed by atoms with Crippen LogP contribution < -0.4 is 21.5 Å². The maximum Gasteiger partial charge on any atom is 0.270 e. The van der Waals surface area contributed by atoms with Crippen LogP contribution in [0.1, 0.15) is 63.8 Å². The number of carbonyl (C=O) groups is 3. The lowest BCUT2D eigenvalue weighted by Gasteiger charge is -2.31. The van der Waals surface area contributed by atoms with Gasteiger partial charge in [0.15, 0.2) is 5.69 Å². The van der Waals surface area contributed by atoms with E-state index in [1.807, 2.05) is 24.4 Å². The first-order valence-electron chi connectivity index (χ1n) is 11.6. The van der Waals surface area contributed by atoms with Crippen molar-refractivity contribution in [3.63, 3.8) is 0 Å². The third-order valence-electron chi connectivity index (χ3n) is 5.41. The molecule has 0 radical (unpaired) electrons. The largest absolute Gasteiger partial charge is 0.494 e. The molecule has 36 heavy (non-hydrogen) atoms. The van der Waals surface area contributed by atoms with E-state index < -0.39 is 17.9 Å². The van der Waals surface area contributed by atoms with Crippen molar-refractivity contribution < 1.29 is 19.1 Å². The fraction of sp³-hybridized carbons (Fsp3) is 0.360. The van der Waals surface area contributed by atoms with Gasteiger partial charge in [-0.05, 0) is 59.9 Å². The first kappa shape index (κ1) is 27.2. The molecule has 1 aromatic carbocycles. The number of benzene rings is 1. The Balaban J connectivity index is 2.05. The van der Waals surface area contributed by atoms with Crippen LogP contribution in [0.2, 0.25) is 0 Å². The first-order chi connectivity index (χ1) is 17.2. The van der Waals surface area contributed by atoms with E-state index >= 15 is 0 Å². The molecule has 3 rings (SSSR count). The fourth-order valence-corrected chi connectivity index (χ4v) is 5.04. The van der Waals surface area contributed by atoms with Crippen molar-refractivity contribution in [3.05, 3.63) is 62.8 Å². The first-order valence-corrected chi connectivity index (χ1v) is 13.3. The molecule has 2 aromatic heterocycles. The van der Waals surface area contributed by atoms with Crippen LogP contribution in [-0.2, 0) is 11.3 Å². The normalized spacial score (nSPS) is 11.8. The highest BCUT2D eigenvalue weighted by atomic mass is 32.1. The molecule has 9 nitrogen and oxygen atoms in total. The third-order valence-corrected chi connectivity index (χ3v) is 7.12. The van der Waals surface area contributed by atoms with Gasteiger partial charge in [-0.15, -0.1) is 11.3 Å². The van der Waals surface area contributed by atoms with Crippen molar-refractivity contribution in [1.82, 2.24) is 14.6 Å². The molecule has 11 heteroatoms. The Bertz CT molecular complexity index is 1180. The van der Waals surface area contributed by atoms with E-state index in [0.717, 1.165) is 22.8 Å². The second kappa shape index (κ2) is 12.5. The van der Waals surface area contributed by atoms with Crippen molar-refractivity contribution in [2.75, 3.05) is 18.9 Å². The van der Waals surface area contributed by atoms with E-state index in [4.69, 9.17) is 16.2 Å². The Morgan fingerprint density at radius 2 is 1.89 bits per heavy atom. The predicted octanol–water partition coefficient (Wildman–Crippen LogP) is 3.83. The number of thiophene rings is 1. The molecule has 0 aliphatic heterocycles. The highest BCUT2D eigenvalue weighted by Crippen LogP contribution is 2.31. The number of nitrogen functional groups attached to an aromatic ring is 1. The topological polar surface area (TPSA) is 141 Å². The van der Waals surface area contributed by atoms with Crippen LogP contribution in [0.3, 0.4) is 0 Å². The molecule has 5 N–H and O–H groups in total. The van der Waals surface area contributed by atoms with E-state index in [0.29, 0.717) is 30.4 Å². The highest BCUT2D eigenvalue weighted by molar-refractivity contribution is 7.10. The van der Waals surface area contributed by atoms with E-state index in [1.54, 1.807) is 24.3 Å². The number of ether oxygens (including phenoxy) is 1. The van der Waals surface area contributed by atoms with Gasteiger partial charge in [-0.3, -0.25) is 14.4 Å². The summed E-state index contributed by atoms with van der Waals surface area (Å²) in [5.41, 5.74) is 11.8. The summed E-state index contributed by atoms with van der Waals surface area (Å²) >= 11 is 2.26. The van der Waals surface area contributed by atoms with Gasteiger partial charge in [0.05, 0.1) is 18.8 Å². The molecule has 0 spiro atoms. The van der Waals surface area contributed by atoms with Gasteiger partial charge in [0, 0.05) is 11.4 Å². The average molecular weight is 530 g/mol. The average Bonchev–Trinajstić information content (AvgIpc) is 3.49. The monoisotopic (exact) mass is 529 g/mol.